The molecule has 0 unspecified atom stereocenters. The van der Waals surface area contributed by atoms with E-state index in [0.717, 1.165) is 5.69 Å². The first kappa shape index (κ1) is 14.8. The zero-order chi connectivity index (χ0) is 14.8. The van der Waals surface area contributed by atoms with Gasteiger partial charge in [-0.3, -0.25) is 0 Å². The summed E-state index contributed by atoms with van der Waals surface area (Å²) in [4.78, 5) is 6.88. The van der Waals surface area contributed by atoms with Crippen molar-refractivity contribution in [2.45, 2.75) is 18.2 Å². The third-order valence-corrected chi connectivity index (χ3v) is 4.70. The zero-order valence-corrected chi connectivity index (χ0v) is 12.4. The van der Waals surface area contributed by atoms with E-state index in [4.69, 9.17) is 17.3 Å². The van der Waals surface area contributed by atoms with Gasteiger partial charge in [0.05, 0.1) is 11.2 Å². The van der Waals surface area contributed by atoms with Crippen molar-refractivity contribution in [2.24, 2.45) is 0 Å². The van der Waals surface area contributed by atoms with Crippen molar-refractivity contribution in [3.63, 3.8) is 0 Å². The van der Waals surface area contributed by atoms with Crippen LogP contribution in [0.25, 0.3) is 0 Å². The Labute approximate surface area is 122 Å². The maximum absolute atomic E-state index is 12.2. The van der Waals surface area contributed by atoms with Gasteiger partial charge >= 0.3 is 0 Å². The molecular weight excluding hydrogens is 300 g/mol. The van der Waals surface area contributed by atoms with E-state index in [0.29, 0.717) is 22.7 Å². The van der Waals surface area contributed by atoms with Gasteiger partial charge in [0.2, 0.25) is 10.0 Å². The Morgan fingerprint density at radius 1 is 1.45 bits per heavy atom. The normalized spacial score (nSPS) is 11.7. The number of nitrogens with zero attached hydrogens (tertiary/aromatic N) is 1. The van der Waals surface area contributed by atoms with Gasteiger partial charge in [-0.25, -0.2) is 18.1 Å². The number of hydrogen-bond acceptors (Lipinski definition) is 4. The molecule has 0 radical (unpaired) electrons. The van der Waals surface area contributed by atoms with Crippen LogP contribution in [0.1, 0.15) is 11.3 Å². The molecule has 6 nitrogen and oxygen atoms in total. The number of nitrogens with one attached hydrogen (secondary N) is 2. The Hall–Kier alpha value is -1.57. The highest BCUT2D eigenvalue weighted by molar-refractivity contribution is 7.89. The molecule has 8 heteroatoms. The molecule has 0 amide bonds. The van der Waals surface area contributed by atoms with Gasteiger partial charge in [-0.1, -0.05) is 11.6 Å². The predicted octanol–water partition coefficient (Wildman–Crippen LogP) is 1.47. The topological polar surface area (TPSA) is 101 Å². The number of rotatable bonds is 5. The molecule has 0 spiro atoms. The van der Waals surface area contributed by atoms with Crippen molar-refractivity contribution >= 4 is 27.3 Å². The minimum Gasteiger partial charge on any atom is -0.398 e. The summed E-state index contributed by atoms with van der Waals surface area (Å²) in [5, 5.41) is 0.294. The molecular formula is C12H15ClN4O2S. The molecule has 1 aromatic carbocycles. The molecule has 0 fully saturated rings. The molecule has 1 aromatic heterocycles. The predicted molar refractivity (Wildman–Crippen MR) is 78.1 cm³/mol. The van der Waals surface area contributed by atoms with Gasteiger partial charge < -0.3 is 10.7 Å². The minimum atomic E-state index is -3.64. The van der Waals surface area contributed by atoms with Crippen molar-refractivity contribution in [1.29, 1.82) is 0 Å². The summed E-state index contributed by atoms with van der Waals surface area (Å²) in [5.74, 6) is 0. The molecule has 2 aromatic rings. The van der Waals surface area contributed by atoms with E-state index >= 15 is 0 Å². The first-order valence-electron chi connectivity index (χ1n) is 5.92. The molecule has 0 saturated carbocycles. The molecule has 0 aliphatic rings. The molecule has 2 rings (SSSR count). The van der Waals surface area contributed by atoms with Crippen LogP contribution in [0, 0.1) is 6.92 Å². The fraction of sp³-hybridized carbons (Fsp3) is 0.250. The number of aromatic nitrogens is 2. The van der Waals surface area contributed by atoms with E-state index in [-0.39, 0.29) is 11.4 Å². The van der Waals surface area contributed by atoms with E-state index in [2.05, 4.69) is 14.7 Å². The summed E-state index contributed by atoms with van der Waals surface area (Å²) in [6.07, 6.45) is 3.72. The van der Waals surface area contributed by atoms with E-state index < -0.39 is 10.0 Å². The Kier molecular flexibility index (Phi) is 4.32. The second-order valence-electron chi connectivity index (χ2n) is 4.34. The van der Waals surface area contributed by atoms with Gasteiger partial charge in [-0.15, -0.1) is 0 Å². The molecule has 4 N–H and O–H groups in total. The van der Waals surface area contributed by atoms with Gasteiger partial charge in [0.1, 0.15) is 0 Å². The Balaban J connectivity index is 2.14. The second-order valence-corrected chi connectivity index (χ2v) is 6.51. The number of H-pyrrole nitrogens is 1. The molecule has 20 heavy (non-hydrogen) atoms. The number of halogens is 1. The lowest BCUT2D eigenvalue weighted by Gasteiger charge is -2.11. The van der Waals surface area contributed by atoms with Gasteiger partial charge in [0.25, 0.3) is 0 Å². The number of aromatic amines is 1. The van der Waals surface area contributed by atoms with Gasteiger partial charge in [-0.05, 0) is 24.6 Å². The number of nitrogens with two attached hydrogens (primary N) is 1. The van der Waals surface area contributed by atoms with Crippen LogP contribution in [0.4, 0.5) is 5.69 Å². The quantitative estimate of drug-likeness (QED) is 0.727. The van der Waals surface area contributed by atoms with Crippen LogP contribution >= 0.6 is 11.6 Å². The van der Waals surface area contributed by atoms with Crippen LogP contribution in [-0.4, -0.2) is 24.9 Å². The first-order chi connectivity index (χ1) is 9.40. The van der Waals surface area contributed by atoms with Crippen molar-refractivity contribution in [3.8, 4) is 0 Å². The lowest BCUT2D eigenvalue weighted by molar-refractivity contribution is 0.581. The number of nitrogen functional groups attached to an aromatic ring is 1. The largest absolute Gasteiger partial charge is 0.398 e. The molecule has 1 heterocycles. The average molecular weight is 315 g/mol. The lowest BCUT2D eigenvalue weighted by atomic mass is 10.2. The molecule has 0 atom stereocenters. The highest BCUT2D eigenvalue weighted by atomic mass is 35.5. The summed E-state index contributed by atoms with van der Waals surface area (Å²) < 4.78 is 27.0. The summed E-state index contributed by atoms with van der Waals surface area (Å²) in [6.45, 7) is 1.91. The smallest absolute Gasteiger partial charge is 0.240 e. The van der Waals surface area contributed by atoms with E-state index in [1.54, 1.807) is 19.4 Å². The maximum atomic E-state index is 12.2. The monoisotopic (exact) mass is 314 g/mol. The number of benzene rings is 1. The molecule has 0 saturated heterocycles. The highest BCUT2D eigenvalue weighted by Gasteiger charge is 2.18. The average Bonchev–Trinajstić information content (AvgIpc) is 2.86. The van der Waals surface area contributed by atoms with Crippen LogP contribution in [0.15, 0.2) is 29.6 Å². The molecule has 0 aliphatic carbocycles. The number of imidazole rings is 1. The van der Waals surface area contributed by atoms with Crippen LogP contribution in [-0.2, 0) is 16.4 Å². The first-order valence-corrected chi connectivity index (χ1v) is 7.79. The van der Waals surface area contributed by atoms with Gasteiger partial charge in [-0.2, -0.15) is 0 Å². The summed E-state index contributed by atoms with van der Waals surface area (Å²) in [7, 11) is -3.64. The Bertz CT molecular complexity index is 698. The molecule has 108 valence electrons. The highest BCUT2D eigenvalue weighted by Crippen LogP contribution is 2.25. The van der Waals surface area contributed by atoms with Crippen LogP contribution in [0.5, 0.6) is 0 Å². The van der Waals surface area contributed by atoms with Gasteiger partial charge in [0, 0.05) is 35.6 Å². The molecule has 0 bridgehead atoms. The Morgan fingerprint density at radius 3 is 2.85 bits per heavy atom. The fourth-order valence-electron chi connectivity index (χ4n) is 1.77. The SMILES string of the molecule is Cc1c(N)cc(Cl)cc1S(=O)(=O)NCCc1cnc[nH]1. The lowest BCUT2D eigenvalue weighted by Crippen LogP contribution is -2.27. The summed E-state index contributed by atoms with van der Waals surface area (Å²) in [6, 6.07) is 2.92. The van der Waals surface area contributed by atoms with Crippen molar-refractivity contribution in [1.82, 2.24) is 14.7 Å². The van der Waals surface area contributed by atoms with Crippen molar-refractivity contribution in [3.05, 3.63) is 40.9 Å². The third kappa shape index (κ3) is 3.30. The molecule has 0 aliphatic heterocycles. The van der Waals surface area contributed by atoms with Crippen molar-refractivity contribution < 1.29 is 8.42 Å². The zero-order valence-electron chi connectivity index (χ0n) is 10.9. The summed E-state index contributed by atoms with van der Waals surface area (Å²) >= 11 is 5.86. The fourth-order valence-corrected chi connectivity index (χ4v) is 3.39. The van der Waals surface area contributed by atoms with E-state index in [9.17, 15) is 8.42 Å². The summed E-state index contributed by atoms with van der Waals surface area (Å²) in [5.41, 5.74) is 7.43. The van der Waals surface area contributed by atoms with Crippen LogP contribution in [0.2, 0.25) is 5.02 Å². The van der Waals surface area contributed by atoms with Crippen LogP contribution < -0.4 is 10.5 Å². The minimum absolute atomic E-state index is 0.104. The second kappa shape index (κ2) is 5.82. The van der Waals surface area contributed by atoms with Crippen LogP contribution in [0.3, 0.4) is 0 Å². The van der Waals surface area contributed by atoms with Gasteiger partial charge in [0.15, 0.2) is 0 Å². The Morgan fingerprint density at radius 2 is 2.20 bits per heavy atom. The standard InChI is InChI=1S/C12H15ClN4O2S/c1-8-11(14)4-9(13)5-12(8)20(18,19)17-3-2-10-6-15-7-16-10/h4-7,17H,2-3,14H2,1H3,(H,15,16). The third-order valence-electron chi connectivity index (χ3n) is 2.90. The number of anilines is 1. The van der Waals surface area contributed by atoms with E-state index in [1.807, 2.05) is 0 Å². The number of hydrogen-bond donors (Lipinski definition) is 3. The van der Waals surface area contributed by atoms with Crippen molar-refractivity contribution in [2.75, 3.05) is 12.3 Å². The number of sulfonamides is 1. The maximum Gasteiger partial charge on any atom is 0.240 e. The van der Waals surface area contributed by atoms with E-state index in [1.165, 1.54) is 12.1 Å².